The monoisotopic (exact) mass is 247 g/mol. The Labute approximate surface area is 98.6 Å². The standard InChI is InChI=1S/C10H17NO6/c1-9(2,3)8(16)17-5-10(11,7(14)15)4-6(12)13/h4-5,11H2,1-3H3,(H,12,13)(H,14,15)/t10-/m0/s1. The number of esters is 1. The van der Waals surface area contributed by atoms with Crippen molar-refractivity contribution >= 4 is 17.9 Å². The molecule has 7 heteroatoms. The lowest BCUT2D eigenvalue weighted by molar-refractivity contribution is -0.162. The summed E-state index contributed by atoms with van der Waals surface area (Å²) in [5.41, 5.74) is 2.47. The van der Waals surface area contributed by atoms with Crippen molar-refractivity contribution in [1.82, 2.24) is 0 Å². The first kappa shape index (κ1) is 15.4. The predicted molar refractivity (Wildman–Crippen MR) is 57.2 cm³/mol. The van der Waals surface area contributed by atoms with E-state index in [1.54, 1.807) is 20.8 Å². The molecule has 0 rings (SSSR count). The van der Waals surface area contributed by atoms with Gasteiger partial charge in [-0.2, -0.15) is 0 Å². The van der Waals surface area contributed by atoms with E-state index in [0.29, 0.717) is 0 Å². The van der Waals surface area contributed by atoms with Crippen molar-refractivity contribution in [3.8, 4) is 0 Å². The van der Waals surface area contributed by atoms with Crippen molar-refractivity contribution in [3.63, 3.8) is 0 Å². The minimum absolute atomic E-state index is 0.640. The molecule has 17 heavy (non-hydrogen) atoms. The van der Waals surface area contributed by atoms with Crippen LogP contribution in [-0.4, -0.2) is 40.3 Å². The Kier molecular flexibility index (Phi) is 4.64. The van der Waals surface area contributed by atoms with Gasteiger partial charge in [-0.25, -0.2) is 0 Å². The van der Waals surface area contributed by atoms with Crippen LogP contribution >= 0.6 is 0 Å². The molecule has 0 unspecified atom stereocenters. The fourth-order valence-corrected chi connectivity index (χ4v) is 0.869. The van der Waals surface area contributed by atoms with Gasteiger partial charge in [-0.3, -0.25) is 14.4 Å². The molecule has 0 saturated carbocycles. The normalized spacial score (nSPS) is 14.8. The molecule has 0 fully saturated rings. The number of nitrogens with two attached hydrogens (primary N) is 1. The second kappa shape index (κ2) is 5.13. The van der Waals surface area contributed by atoms with Gasteiger partial charge in [0.05, 0.1) is 11.8 Å². The molecule has 4 N–H and O–H groups in total. The van der Waals surface area contributed by atoms with Crippen molar-refractivity contribution in [3.05, 3.63) is 0 Å². The molecule has 98 valence electrons. The molecule has 0 bridgehead atoms. The Balaban J connectivity index is 4.64. The maximum atomic E-state index is 11.4. The Bertz CT molecular complexity index is 332. The average molecular weight is 247 g/mol. The SMILES string of the molecule is CC(C)(C)C(=O)OC[C@@](N)(CC(=O)O)C(=O)O. The average Bonchev–Trinajstić information content (AvgIpc) is 2.11. The molecule has 0 aliphatic carbocycles. The summed E-state index contributed by atoms with van der Waals surface area (Å²) in [6.45, 7) is 4.09. The zero-order valence-corrected chi connectivity index (χ0v) is 10.0. The first-order valence-electron chi connectivity index (χ1n) is 4.90. The Morgan fingerprint density at radius 2 is 1.65 bits per heavy atom. The molecule has 0 aromatic rings. The van der Waals surface area contributed by atoms with Crippen LogP contribution in [-0.2, 0) is 19.1 Å². The first-order valence-corrected chi connectivity index (χ1v) is 4.90. The molecular weight excluding hydrogens is 230 g/mol. The molecule has 0 aliphatic rings. The maximum absolute atomic E-state index is 11.4. The van der Waals surface area contributed by atoms with Crippen molar-refractivity contribution in [1.29, 1.82) is 0 Å². The van der Waals surface area contributed by atoms with Crippen molar-refractivity contribution in [2.24, 2.45) is 11.1 Å². The van der Waals surface area contributed by atoms with E-state index >= 15 is 0 Å². The van der Waals surface area contributed by atoms with Crippen molar-refractivity contribution in [2.75, 3.05) is 6.61 Å². The Morgan fingerprint density at radius 1 is 1.18 bits per heavy atom. The van der Waals surface area contributed by atoms with Gasteiger partial charge in [-0.1, -0.05) is 0 Å². The summed E-state index contributed by atoms with van der Waals surface area (Å²) in [5, 5.41) is 17.4. The highest BCUT2D eigenvalue weighted by atomic mass is 16.5. The van der Waals surface area contributed by atoms with E-state index in [0.717, 1.165) is 0 Å². The van der Waals surface area contributed by atoms with Crippen LogP contribution in [0.15, 0.2) is 0 Å². The molecule has 0 saturated heterocycles. The number of carboxylic acids is 2. The number of hydrogen-bond acceptors (Lipinski definition) is 5. The highest BCUT2D eigenvalue weighted by Gasteiger charge is 2.39. The number of carbonyl (C=O) groups excluding carboxylic acids is 1. The summed E-state index contributed by atoms with van der Waals surface area (Å²) in [5.74, 6) is -3.54. The van der Waals surface area contributed by atoms with Gasteiger partial charge in [-0.15, -0.1) is 0 Å². The lowest BCUT2D eigenvalue weighted by Gasteiger charge is -2.24. The zero-order chi connectivity index (χ0) is 13.9. The lowest BCUT2D eigenvalue weighted by Crippen LogP contribution is -2.54. The van der Waals surface area contributed by atoms with E-state index < -0.39 is 41.9 Å². The molecule has 0 aliphatic heterocycles. The van der Waals surface area contributed by atoms with Gasteiger partial charge in [-0.05, 0) is 20.8 Å². The number of rotatable bonds is 5. The molecule has 0 radical (unpaired) electrons. The highest BCUT2D eigenvalue weighted by molar-refractivity contribution is 5.85. The van der Waals surface area contributed by atoms with Crippen molar-refractivity contribution < 1.29 is 29.3 Å². The quantitative estimate of drug-likeness (QED) is 0.575. The van der Waals surface area contributed by atoms with Gasteiger partial charge >= 0.3 is 17.9 Å². The molecule has 0 heterocycles. The number of hydrogen-bond donors (Lipinski definition) is 3. The van der Waals surface area contributed by atoms with Crippen LogP contribution in [0.25, 0.3) is 0 Å². The van der Waals surface area contributed by atoms with Crippen LogP contribution in [0.1, 0.15) is 27.2 Å². The number of aliphatic carboxylic acids is 2. The summed E-state index contributed by atoms with van der Waals surface area (Å²) in [7, 11) is 0. The molecule has 1 atom stereocenters. The molecule has 0 aromatic heterocycles. The fourth-order valence-electron chi connectivity index (χ4n) is 0.869. The lowest BCUT2D eigenvalue weighted by atomic mass is 9.96. The van der Waals surface area contributed by atoms with E-state index in [1.165, 1.54) is 0 Å². The molecular formula is C10H17NO6. The van der Waals surface area contributed by atoms with Gasteiger partial charge in [0, 0.05) is 0 Å². The highest BCUT2D eigenvalue weighted by Crippen LogP contribution is 2.17. The van der Waals surface area contributed by atoms with Crippen LogP contribution in [0.2, 0.25) is 0 Å². The van der Waals surface area contributed by atoms with Crippen LogP contribution in [0.3, 0.4) is 0 Å². The van der Waals surface area contributed by atoms with Crippen LogP contribution < -0.4 is 5.73 Å². The van der Waals surface area contributed by atoms with Gasteiger partial charge in [0.25, 0.3) is 0 Å². The van der Waals surface area contributed by atoms with Crippen molar-refractivity contribution in [2.45, 2.75) is 32.7 Å². The number of ether oxygens (including phenoxy) is 1. The zero-order valence-electron chi connectivity index (χ0n) is 10.0. The van der Waals surface area contributed by atoms with Gasteiger partial charge in [0.15, 0.2) is 5.54 Å². The number of carboxylic acid groups (broad SMARTS) is 2. The molecule has 0 spiro atoms. The third-order valence-corrected chi connectivity index (χ3v) is 1.97. The number of carbonyl (C=O) groups is 3. The van der Waals surface area contributed by atoms with Gasteiger partial charge in [0.1, 0.15) is 6.61 Å². The second-order valence-electron chi connectivity index (χ2n) is 4.86. The van der Waals surface area contributed by atoms with Crippen LogP contribution in [0.5, 0.6) is 0 Å². The van der Waals surface area contributed by atoms with Gasteiger partial charge in [0.2, 0.25) is 0 Å². The Hall–Kier alpha value is -1.63. The van der Waals surface area contributed by atoms with E-state index in [-0.39, 0.29) is 0 Å². The summed E-state index contributed by atoms with van der Waals surface area (Å²) < 4.78 is 4.73. The van der Waals surface area contributed by atoms with E-state index in [1.807, 2.05) is 0 Å². The molecule has 0 amide bonds. The fraction of sp³-hybridized carbons (Fsp3) is 0.700. The van der Waals surface area contributed by atoms with Crippen LogP contribution in [0, 0.1) is 5.41 Å². The Morgan fingerprint density at radius 3 is 1.94 bits per heavy atom. The smallest absolute Gasteiger partial charge is 0.327 e. The third kappa shape index (κ3) is 4.81. The van der Waals surface area contributed by atoms with E-state index in [2.05, 4.69) is 0 Å². The predicted octanol–water partition coefficient (Wildman–Crippen LogP) is -0.167. The largest absolute Gasteiger partial charge is 0.481 e. The summed E-state index contributed by atoms with van der Waals surface area (Å²) in [4.78, 5) is 32.7. The molecule has 7 nitrogen and oxygen atoms in total. The summed E-state index contributed by atoms with van der Waals surface area (Å²) >= 11 is 0. The summed E-state index contributed by atoms with van der Waals surface area (Å²) in [6.07, 6.45) is -0.820. The van der Waals surface area contributed by atoms with E-state index in [9.17, 15) is 14.4 Å². The van der Waals surface area contributed by atoms with E-state index in [4.69, 9.17) is 20.7 Å². The second-order valence-corrected chi connectivity index (χ2v) is 4.86. The minimum Gasteiger partial charge on any atom is -0.481 e. The third-order valence-electron chi connectivity index (χ3n) is 1.97. The first-order chi connectivity index (χ1) is 7.49. The minimum atomic E-state index is -2.10. The maximum Gasteiger partial charge on any atom is 0.327 e. The summed E-state index contributed by atoms with van der Waals surface area (Å²) in [6, 6.07) is 0. The molecule has 0 aromatic carbocycles. The topological polar surface area (TPSA) is 127 Å². The van der Waals surface area contributed by atoms with Crippen LogP contribution in [0.4, 0.5) is 0 Å². The van der Waals surface area contributed by atoms with Gasteiger partial charge < -0.3 is 20.7 Å².